The molecule has 0 spiro atoms. The van der Waals surface area contributed by atoms with E-state index < -0.39 is 0 Å². The molecule has 0 saturated carbocycles. The fourth-order valence-electron chi connectivity index (χ4n) is 1.14. The zero-order chi connectivity index (χ0) is 8.39. The van der Waals surface area contributed by atoms with Crippen molar-refractivity contribution < 1.29 is 0 Å². The minimum Gasteiger partial charge on any atom is -0.618 e. The number of para-hydroxylation sites is 1. The van der Waals surface area contributed by atoms with Gasteiger partial charge in [0.25, 0.3) is 0 Å². The number of nitrogens with zero attached hydrogens (tertiary/aromatic N) is 1. The molecule has 0 fully saturated rings. The summed E-state index contributed by atoms with van der Waals surface area (Å²) in [6.07, 6.45) is 4.85. The maximum atomic E-state index is 11.3. The normalized spacial score (nSPS) is 14.2. The van der Waals surface area contributed by atoms with Gasteiger partial charge in [0.1, 0.15) is 0 Å². The van der Waals surface area contributed by atoms with Gasteiger partial charge in [0.05, 0.1) is 11.4 Å². The van der Waals surface area contributed by atoms with Gasteiger partial charge < -0.3 is 10.5 Å². The molecule has 0 amide bonds. The highest BCUT2D eigenvalue weighted by atomic mass is 16.5. The minimum absolute atomic E-state index is 0.666. The lowest BCUT2D eigenvalue weighted by Gasteiger charge is -1.93. The van der Waals surface area contributed by atoms with Crippen LogP contribution in [0, 0.1) is 5.21 Å². The summed E-state index contributed by atoms with van der Waals surface area (Å²) in [4.78, 5) is 0. The van der Waals surface area contributed by atoms with Gasteiger partial charge in [0.15, 0.2) is 6.20 Å². The van der Waals surface area contributed by atoms with E-state index in [4.69, 9.17) is 0 Å². The summed E-state index contributed by atoms with van der Waals surface area (Å²) in [7, 11) is 0. The van der Waals surface area contributed by atoms with Gasteiger partial charge in [-0.3, -0.25) is 0 Å². The second kappa shape index (κ2) is 2.70. The van der Waals surface area contributed by atoms with Gasteiger partial charge in [-0.15, -0.1) is 0 Å². The third kappa shape index (κ3) is 1.05. The fraction of sp³-hybridized carbons (Fsp3) is 0. The summed E-state index contributed by atoms with van der Waals surface area (Å²) in [6.45, 7) is 0. The highest BCUT2D eigenvalue weighted by Crippen LogP contribution is 1.75. The Hall–Kier alpha value is -1.77. The van der Waals surface area contributed by atoms with Crippen molar-refractivity contribution in [2.24, 2.45) is 0 Å². The van der Waals surface area contributed by atoms with Crippen molar-refractivity contribution in [1.82, 2.24) is 10.1 Å². The van der Waals surface area contributed by atoms with Crippen molar-refractivity contribution in [3.05, 3.63) is 52.4 Å². The second-order valence-electron chi connectivity index (χ2n) is 2.51. The van der Waals surface area contributed by atoms with E-state index in [9.17, 15) is 5.21 Å². The van der Waals surface area contributed by atoms with E-state index in [-0.39, 0.29) is 0 Å². The monoisotopic (exact) mass is 160 g/mol. The number of rotatable bonds is 0. The van der Waals surface area contributed by atoms with E-state index in [1.807, 2.05) is 18.2 Å². The molecule has 0 radical (unpaired) electrons. The van der Waals surface area contributed by atoms with E-state index >= 15 is 0 Å². The van der Waals surface area contributed by atoms with Crippen molar-refractivity contribution in [1.29, 1.82) is 0 Å². The molecule has 1 aromatic carbocycles. The molecule has 3 heteroatoms. The van der Waals surface area contributed by atoms with Gasteiger partial charge in [0, 0.05) is 12.3 Å². The van der Waals surface area contributed by atoms with E-state index in [2.05, 4.69) is 5.32 Å². The van der Waals surface area contributed by atoms with Crippen LogP contribution in [0.15, 0.2) is 36.7 Å². The van der Waals surface area contributed by atoms with Crippen molar-refractivity contribution in [2.75, 3.05) is 0 Å². The molecule has 2 rings (SSSR count). The van der Waals surface area contributed by atoms with Crippen molar-refractivity contribution in [3.8, 4) is 0 Å². The summed E-state index contributed by atoms with van der Waals surface area (Å²) >= 11 is 0. The first-order chi connectivity index (χ1) is 5.88. The lowest BCUT2D eigenvalue weighted by Crippen LogP contribution is -2.33. The zero-order valence-corrected chi connectivity index (χ0v) is 6.40. The summed E-state index contributed by atoms with van der Waals surface area (Å²) < 4.78 is 0.839. The predicted molar refractivity (Wildman–Crippen MR) is 47.0 cm³/mol. The standard InChI is InChI=1S/C9H8N2O/c12-11-6-5-10-7-8-3-1-2-4-9(8)11/h1-7,10H. The van der Waals surface area contributed by atoms with Crippen molar-refractivity contribution in [3.63, 3.8) is 0 Å². The molecule has 60 valence electrons. The SMILES string of the molecule is [O-][N+]1=c2ccccc2=CNC=C1. The molecule has 12 heavy (non-hydrogen) atoms. The number of nitrogens with one attached hydrogen (secondary N) is 1. The molecule has 0 bridgehead atoms. The van der Waals surface area contributed by atoms with Gasteiger partial charge in [-0.05, 0) is 6.07 Å². The Bertz CT molecular complexity index is 434. The Balaban J connectivity index is 2.89. The molecule has 3 nitrogen and oxygen atoms in total. The molecule has 1 aliphatic rings. The van der Waals surface area contributed by atoms with Gasteiger partial charge in [-0.2, -0.15) is 4.74 Å². The Morgan fingerprint density at radius 2 is 2.08 bits per heavy atom. The number of fused-ring (bicyclic) bond motifs is 1. The third-order valence-electron chi connectivity index (χ3n) is 1.72. The summed E-state index contributed by atoms with van der Waals surface area (Å²) in [5.74, 6) is 0. The smallest absolute Gasteiger partial charge is 0.225 e. The Morgan fingerprint density at radius 1 is 1.25 bits per heavy atom. The van der Waals surface area contributed by atoms with Crippen LogP contribution in [0.2, 0.25) is 0 Å². The van der Waals surface area contributed by atoms with Gasteiger partial charge in [-0.25, -0.2) is 0 Å². The van der Waals surface area contributed by atoms with Crippen LogP contribution in [0.5, 0.6) is 0 Å². The largest absolute Gasteiger partial charge is 0.618 e. The molecule has 0 saturated heterocycles. The van der Waals surface area contributed by atoms with Gasteiger partial charge >= 0.3 is 0 Å². The zero-order valence-electron chi connectivity index (χ0n) is 6.40. The third-order valence-corrected chi connectivity index (χ3v) is 1.72. The van der Waals surface area contributed by atoms with Gasteiger partial charge in [-0.1, -0.05) is 12.1 Å². The minimum atomic E-state index is 0.666. The van der Waals surface area contributed by atoms with Crippen LogP contribution in [-0.2, 0) is 0 Å². The molecular formula is C9H8N2O. The van der Waals surface area contributed by atoms with Crippen LogP contribution in [0.4, 0.5) is 0 Å². The predicted octanol–water partition coefficient (Wildman–Crippen LogP) is -0.512. The molecule has 0 unspecified atom stereocenters. The van der Waals surface area contributed by atoms with Gasteiger partial charge in [0.2, 0.25) is 5.36 Å². The number of hydroxylamine groups is 1. The maximum absolute atomic E-state index is 11.3. The van der Waals surface area contributed by atoms with E-state index in [0.29, 0.717) is 5.36 Å². The molecule has 1 aliphatic heterocycles. The lowest BCUT2D eigenvalue weighted by atomic mass is 10.3. The summed E-state index contributed by atoms with van der Waals surface area (Å²) in [5, 5.41) is 15.7. The van der Waals surface area contributed by atoms with Crippen molar-refractivity contribution in [2.45, 2.75) is 0 Å². The average molecular weight is 160 g/mol. The number of hydrogen-bond acceptors (Lipinski definition) is 2. The topological polar surface area (TPSA) is 38.1 Å². The Labute approximate surface area is 69.5 Å². The van der Waals surface area contributed by atoms with Crippen LogP contribution in [0.3, 0.4) is 0 Å². The van der Waals surface area contributed by atoms with Crippen molar-refractivity contribution >= 4 is 6.20 Å². The molecule has 1 heterocycles. The number of benzene rings is 1. The van der Waals surface area contributed by atoms with Crippen LogP contribution >= 0.6 is 0 Å². The summed E-state index contributed by atoms with van der Waals surface area (Å²) in [5.41, 5.74) is 0. The molecular weight excluding hydrogens is 152 g/mol. The fourth-order valence-corrected chi connectivity index (χ4v) is 1.14. The van der Waals surface area contributed by atoms with Crippen LogP contribution in [0.25, 0.3) is 6.20 Å². The summed E-state index contributed by atoms with van der Waals surface area (Å²) in [6, 6.07) is 7.42. The Kier molecular flexibility index (Phi) is 1.55. The second-order valence-corrected chi connectivity index (χ2v) is 2.51. The number of hydrogen-bond donors (Lipinski definition) is 1. The lowest BCUT2D eigenvalue weighted by molar-refractivity contribution is 0.949. The molecule has 1 N–H and O–H groups in total. The molecule has 0 aliphatic carbocycles. The first-order valence-electron chi connectivity index (χ1n) is 3.69. The first-order valence-corrected chi connectivity index (χ1v) is 3.69. The average Bonchev–Trinajstić information content (AvgIpc) is 2.29. The van der Waals surface area contributed by atoms with E-state index in [1.165, 1.54) is 6.20 Å². The maximum Gasteiger partial charge on any atom is 0.225 e. The van der Waals surface area contributed by atoms with E-state index in [1.54, 1.807) is 18.5 Å². The van der Waals surface area contributed by atoms with E-state index in [0.717, 1.165) is 9.96 Å². The van der Waals surface area contributed by atoms with Crippen LogP contribution in [-0.4, -0.2) is 0 Å². The Morgan fingerprint density at radius 3 is 3.00 bits per heavy atom. The molecule has 0 aromatic heterocycles. The highest BCUT2D eigenvalue weighted by molar-refractivity contribution is 5.25. The quantitative estimate of drug-likeness (QED) is 0.410. The highest BCUT2D eigenvalue weighted by Gasteiger charge is 1.95. The van der Waals surface area contributed by atoms with Crippen LogP contribution < -0.4 is 20.6 Å². The van der Waals surface area contributed by atoms with Crippen LogP contribution in [0.1, 0.15) is 0 Å². The first kappa shape index (κ1) is 6.91. The molecule has 0 atom stereocenters. The molecule has 1 aromatic rings.